The van der Waals surface area contributed by atoms with Crippen LogP contribution in [0.3, 0.4) is 0 Å². The fourth-order valence-corrected chi connectivity index (χ4v) is 4.63. The zero-order valence-electron chi connectivity index (χ0n) is 16.9. The number of thioether (sulfide) groups is 1. The fraction of sp³-hybridized carbons (Fsp3) is 0.238. The highest BCUT2D eigenvalue weighted by Gasteiger charge is 2.19. The number of carbonyl (C=O) groups excluding carboxylic acids is 1. The van der Waals surface area contributed by atoms with Crippen LogP contribution in [0.25, 0.3) is 17.3 Å². The molecule has 1 N–H and O–H groups in total. The molecule has 0 spiro atoms. The van der Waals surface area contributed by atoms with E-state index in [4.69, 9.17) is 16.0 Å². The third-order valence-corrected chi connectivity index (χ3v) is 6.78. The van der Waals surface area contributed by atoms with E-state index in [1.54, 1.807) is 11.6 Å². The van der Waals surface area contributed by atoms with Gasteiger partial charge in [0.15, 0.2) is 10.9 Å². The molecular formula is C21H20ClN5O2S2. The Morgan fingerprint density at radius 2 is 2.10 bits per heavy atom. The Morgan fingerprint density at radius 3 is 2.81 bits per heavy atom. The van der Waals surface area contributed by atoms with Crippen LogP contribution in [0.1, 0.15) is 35.8 Å². The minimum absolute atomic E-state index is 0.116. The molecule has 10 heteroatoms. The summed E-state index contributed by atoms with van der Waals surface area (Å²) in [7, 11) is 0. The van der Waals surface area contributed by atoms with Crippen molar-refractivity contribution in [1.82, 2.24) is 25.1 Å². The summed E-state index contributed by atoms with van der Waals surface area (Å²) in [5.74, 6) is 1.63. The molecule has 1 atom stereocenters. The van der Waals surface area contributed by atoms with Crippen molar-refractivity contribution in [3.8, 4) is 17.3 Å². The van der Waals surface area contributed by atoms with Crippen LogP contribution in [0.15, 0.2) is 57.6 Å². The van der Waals surface area contributed by atoms with Crippen LogP contribution < -0.4 is 5.32 Å². The number of thiazole rings is 1. The third kappa shape index (κ3) is 5.00. The van der Waals surface area contributed by atoms with Crippen molar-refractivity contribution >= 4 is 40.6 Å². The normalized spacial score (nSPS) is 12.1. The predicted molar refractivity (Wildman–Crippen MR) is 123 cm³/mol. The van der Waals surface area contributed by atoms with Crippen molar-refractivity contribution in [2.24, 2.45) is 0 Å². The first kappa shape index (κ1) is 21.6. The van der Waals surface area contributed by atoms with E-state index in [0.29, 0.717) is 33.2 Å². The Balaban J connectivity index is 1.56. The Kier molecular flexibility index (Phi) is 6.74. The molecule has 4 rings (SSSR count). The molecule has 0 radical (unpaired) electrons. The zero-order chi connectivity index (χ0) is 21.8. The number of hydrogen-bond acceptors (Lipinski definition) is 7. The van der Waals surface area contributed by atoms with Gasteiger partial charge in [0, 0.05) is 22.1 Å². The van der Waals surface area contributed by atoms with Gasteiger partial charge in [-0.3, -0.25) is 9.36 Å². The molecule has 1 unspecified atom stereocenters. The standard InChI is InChI=1S/C21H20ClN5O2S2/c1-3-13(2)23-20(28)16-11-30-18(24-16)12-31-21-26-25-19(17-5-4-10-29-17)27(21)15-8-6-14(22)7-9-15/h4-11,13H,3,12H2,1-2H3,(H,23,28). The number of carbonyl (C=O) groups is 1. The SMILES string of the molecule is CCC(C)NC(=O)c1csc(CSc2nnc(-c3ccco3)n2-c2ccc(Cl)cc2)n1. The molecule has 0 aliphatic heterocycles. The largest absolute Gasteiger partial charge is 0.461 e. The quantitative estimate of drug-likeness (QED) is 0.342. The number of nitrogens with zero attached hydrogens (tertiary/aromatic N) is 4. The van der Waals surface area contributed by atoms with Gasteiger partial charge in [-0.05, 0) is 49.7 Å². The Bertz CT molecular complexity index is 1160. The minimum atomic E-state index is -0.147. The maximum atomic E-state index is 12.3. The molecule has 4 aromatic rings. The van der Waals surface area contributed by atoms with Gasteiger partial charge in [0.25, 0.3) is 5.91 Å². The Hall–Kier alpha value is -2.62. The maximum Gasteiger partial charge on any atom is 0.270 e. The van der Waals surface area contributed by atoms with E-state index in [2.05, 4.69) is 20.5 Å². The van der Waals surface area contributed by atoms with Crippen molar-refractivity contribution in [1.29, 1.82) is 0 Å². The number of amides is 1. The highest BCUT2D eigenvalue weighted by Crippen LogP contribution is 2.31. The lowest BCUT2D eigenvalue weighted by Gasteiger charge is -2.09. The van der Waals surface area contributed by atoms with Gasteiger partial charge in [0.2, 0.25) is 5.82 Å². The summed E-state index contributed by atoms with van der Waals surface area (Å²) in [6, 6.07) is 11.2. The second-order valence-corrected chi connectivity index (χ2v) is 9.11. The fourth-order valence-electron chi connectivity index (χ4n) is 2.76. The Morgan fingerprint density at radius 1 is 1.29 bits per heavy atom. The van der Waals surface area contributed by atoms with Gasteiger partial charge in [-0.25, -0.2) is 4.98 Å². The first-order chi connectivity index (χ1) is 15.0. The van der Waals surface area contributed by atoms with E-state index in [0.717, 1.165) is 17.1 Å². The summed E-state index contributed by atoms with van der Waals surface area (Å²) < 4.78 is 7.46. The van der Waals surface area contributed by atoms with Gasteiger partial charge in [-0.15, -0.1) is 21.5 Å². The molecule has 3 heterocycles. The molecule has 1 amide bonds. The number of nitrogens with one attached hydrogen (secondary N) is 1. The zero-order valence-corrected chi connectivity index (χ0v) is 19.3. The van der Waals surface area contributed by atoms with E-state index >= 15 is 0 Å². The summed E-state index contributed by atoms with van der Waals surface area (Å²) in [5, 5.41) is 15.6. The smallest absolute Gasteiger partial charge is 0.270 e. The number of benzene rings is 1. The van der Waals surface area contributed by atoms with Crippen molar-refractivity contribution < 1.29 is 9.21 Å². The van der Waals surface area contributed by atoms with Crippen LogP contribution in [0.5, 0.6) is 0 Å². The van der Waals surface area contributed by atoms with Gasteiger partial charge in [-0.1, -0.05) is 30.3 Å². The van der Waals surface area contributed by atoms with Crippen LogP contribution in [-0.2, 0) is 5.75 Å². The summed E-state index contributed by atoms with van der Waals surface area (Å²) in [5.41, 5.74) is 1.31. The van der Waals surface area contributed by atoms with E-state index in [9.17, 15) is 4.79 Å². The van der Waals surface area contributed by atoms with E-state index < -0.39 is 0 Å². The molecule has 0 saturated heterocycles. The van der Waals surface area contributed by atoms with Crippen molar-refractivity contribution in [2.75, 3.05) is 0 Å². The van der Waals surface area contributed by atoms with Crippen LogP contribution in [-0.4, -0.2) is 31.7 Å². The number of hydrogen-bond donors (Lipinski definition) is 1. The summed E-state index contributed by atoms with van der Waals surface area (Å²) >= 11 is 9.00. The second kappa shape index (κ2) is 9.67. The van der Waals surface area contributed by atoms with Gasteiger partial charge < -0.3 is 9.73 Å². The molecule has 7 nitrogen and oxygen atoms in total. The second-order valence-electron chi connectivity index (χ2n) is 6.79. The molecule has 3 aromatic heterocycles. The summed E-state index contributed by atoms with van der Waals surface area (Å²) in [6.07, 6.45) is 2.47. The number of aromatic nitrogens is 4. The number of furan rings is 1. The van der Waals surface area contributed by atoms with Crippen LogP contribution in [0.2, 0.25) is 5.02 Å². The molecule has 0 fully saturated rings. The van der Waals surface area contributed by atoms with E-state index in [1.165, 1.54) is 23.1 Å². The lowest BCUT2D eigenvalue weighted by molar-refractivity contribution is 0.0935. The summed E-state index contributed by atoms with van der Waals surface area (Å²) in [6.45, 7) is 4.00. The highest BCUT2D eigenvalue weighted by molar-refractivity contribution is 7.98. The maximum absolute atomic E-state index is 12.3. The average molecular weight is 474 g/mol. The first-order valence-electron chi connectivity index (χ1n) is 9.68. The molecule has 31 heavy (non-hydrogen) atoms. The van der Waals surface area contributed by atoms with E-state index in [1.807, 2.05) is 54.8 Å². The van der Waals surface area contributed by atoms with Gasteiger partial charge in [0.05, 0.1) is 12.0 Å². The van der Waals surface area contributed by atoms with Crippen molar-refractivity contribution in [3.63, 3.8) is 0 Å². The van der Waals surface area contributed by atoms with Gasteiger partial charge >= 0.3 is 0 Å². The molecule has 0 saturated carbocycles. The Labute approximate surface area is 192 Å². The molecule has 0 aliphatic rings. The van der Waals surface area contributed by atoms with Gasteiger partial charge in [0.1, 0.15) is 10.7 Å². The van der Waals surface area contributed by atoms with Crippen LogP contribution >= 0.6 is 34.7 Å². The topological polar surface area (TPSA) is 85.8 Å². The molecule has 0 bridgehead atoms. The lowest BCUT2D eigenvalue weighted by Crippen LogP contribution is -2.32. The predicted octanol–water partition coefficient (Wildman–Crippen LogP) is 5.46. The highest BCUT2D eigenvalue weighted by atomic mass is 35.5. The molecule has 1 aromatic carbocycles. The minimum Gasteiger partial charge on any atom is -0.461 e. The monoisotopic (exact) mass is 473 g/mol. The molecule has 160 valence electrons. The van der Waals surface area contributed by atoms with Crippen molar-refractivity contribution in [2.45, 2.75) is 37.2 Å². The van der Waals surface area contributed by atoms with Gasteiger partial charge in [-0.2, -0.15) is 0 Å². The molecular weight excluding hydrogens is 454 g/mol. The van der Waals surface area contributed by atoms with Crippen LogP contribution in [0.4, 0.5) is 0 Å². The average Bonchev–Trinajstić information content (AvgIpc) is 3.52. The first-order valence-corrected chi connectivity index (χ1v) is 11.9. The van der Waals surface area contributed by atoms with E-state index in [-0.39, 0.29) is 11.9 Å². The van der Waals surface area contributed by atoms with Crippen molar-refractivity contribution in [3.05, 3.63) is 63.8 Å². The number of halogens is 1. The number of rotatable bonds is 8. The summed E-state index contributed by atoms with van der Waals surface area (Å²) in [4.78, 5) is 16.8. The lowest BCUT2D eigenvalue weighted by atomic mass is 10.2. The molecule has 0 aliphatic carbocycles. The van der Waals surface area contributed by atoms with Crippen LogP contribution in [0, 0.1) is 0 Å². The third-order valence-electron chi connectivity index (χ3n) is 4.56.